The second-order valence-corrected chi connectivity index (χ2v) is 6.00. The van der Waals surface area contributed by atoms with Gasteiger partial charge < -0.3 is 10.0 Å². The number of amides is 1. The van der Waals surface area contributed by atoms with Crippen LogP contribution in [0.1, 0.15) is 41.4 Å². The summed E-state index contributed by atoms with van der Waals surface area (Å²) in [5.41, 5.74) is 0.928. The van der Waals surface area contributed by atoms with Crippen molar-refractivity contribution in [2.75, 3.05) is 6.54 Å². The van der Waals surface area contributed by atoms with Crippen LogP contribution in [-0.2, 0) is 4.79 Å². The Bertz CT molecular complexity index is 483. The Kier molecular flexibility index (Phi) is 4.24. The number of carboxylic acids is 1. The van der Waals surface area contributed by atoms with Crippen LogP contribution in [0.4, 0.5) is 0 Å². The number of likely N-dealkylation sites (tertiary alicyclic amines) is 1. The molecule has 1 saturated heterocycles. The monoisotopic (exact) mass is 281 g/mol. The normalized spacial score (nSPS) is 23.4. The van der Waals surface area contributed by atoms with Crippen molar-refractivity contribution in [1.82, 2.24) is 4.90 Å². The van der Waals surface area contributed by atoms with Gasteiger partial charge in [0.05, 0.1) is 4.88 Å². The third kappa shape index (κ3) is 2.81. The fraction of sp³-hybridized carbons (Fsp3) is 0.571. The van der Waals surface area contributed by atoms with Gasteiger partial charge in [-0.1, -0.05) is 13.3 Å². The van der Waals surface area contributed by atoms with Crippen molar-refractivity contribution in [2.45, 2.75) is 39.2 Å². The van der Waals surface area contributed by atoms with Crippen molar-refractivity contribution in [3.63, 3.8) is 0 Å². The summed E-state index contributed by atoms with van der Waals surface area (Å²) in [7, 11) is 0. The van der Waals surface area contributed by atoms with Gasteiger partial charge >= 0.3 is 5.97 Å². The Balaban J connectivity index is 2.20. The molecule has 1 aliphatic heterocycles. The van der Waals surface area contributed by atoms with Crippen LogP contribution in [0.2, 0.25) is 0 Å². The molecule has 2 heterocycles. The second kappa shape index (κ2) is 5.74. The fourth-order valence-electron chi connectivity index (χ4n) is 2.61. The van der Waals surface area contributed by atoms with Gasteiger partial charge in [-0.15, -0.1) is 11.3 Å². The first-order valence-corrected chi connectivity index (χ1v) is 7.50. The molecule has 5 heteroatoms. The number of carbonyl (C=O) groups is 2. The van der Waals surface area contributed by atoms with Gasteiger partial charge in [0, 0.05) is 6.54 Å². The van der Waals surface area contributed by atoms with E-state index in [0.717, 1.165) is 18.4 Å². The zero-order valence-corrected chi connectivity index (χ0v) is 12.1. The highest BCUT2D eigenvalue weighted by Crippen LogP contribution is 2.28. The highest BCUT2D eigenvalue weighted by atomic mass is 32.1. The standard InChI is InChI=1S/C14H19NO3S/c1-3-10-4-6-15(11(8-10)14(17)18)13(16)12-9(2)5-7-19-12/h5,7,10-11H,3-4,6,8H2,1-2H3,(H,17,18). The Morgan fingerprint density at radius 1 is 1.53 bits per heavy atom. The Hall–Kier alpha value is -1.36. The first-order valence-electron chi connectivity index (χ1n) is 6.62. The molecule has 0 saturated carbocycles. The van der Waals surface area contributed by atoms with Crippen molar-refractivity contribution in [3.05, 3.63) is 21.9 Å². The van der Waals surface area contributed by atoms with Gasteiger partial charge in [0.15, 0.2) is 0 Å². The number of rotatable bonds is 3. The van der Waals surface area contributed by atoms with Gasteiger partial charge in [0.25, 0.3) is 5.91 Å². The quantitative estimate of drug-likeness (QED) is 0.926. The molecule has 4 nitrogen and oxygen atoms in total. The molecule has 19 heavy (non-hydrogen) atoms. The SMILES string of the molecule is CCC1CCN(C(=O)c2sccc2C)C(C(=O)O)C1. The number of hydrogen-bond donors (Lipinski definition) is 1. The van der Waals surface area contributed by atoms with Crippen LogP contribution < -0.4 is 0 Å². The molecule has 0 aliphatic carbocycles. The van der Waals surface area contributed by atoms with Gasteiger partial charge in [0.1, 0.15) is 6.04 Å². The maximum atomic E-state index is 12.5. The summed E-state index contributed by atoms with van der Waals surface area (Å²) in [4.78, 5) is 26.1. The first kappa shape index (κ1) is 14.1. The summed E-state index contributed by atoms with van der Waals surface area (Å²) < 4.78 is 0. The van der Waals surface area contributed by atoms with Gasteiger partial charge in [-0.05, 0) is 42.7 Å². The molecule has 2 unspecified atom stereocenters. The number of piperidine rings is 1. The Morgan fingerprint density at radius 2 is 2.26 bits per heavy atom. The minimum atomic E-state index is -0.888. The molecule has 1 aromatic heterocycles. The van der Waals surface area contributed by atoms with Crippen LogP contribution in [0.5, 0.6) is 0 Å². The van der Waals surface area contributed by atoms with E-state index in [1.165, 1.54) is 16.2 Å². The molecule has 0 aromatic carbocycles. The molecule has 2 rings (SSSR count). The first-order chi connectivity index (χ1) is 9.04. The molecule has 1 fully saturated rings. The Morgan fingerprint density at radius 3 is 2.79 bits per heavy atom. The number of aryl methyl sites for hydroxylation is 1. The van der Waals surface area contributed by atoms with Crippen LogP contribution in [0, 0.1) is 12.8 Å². The van der Waals surface area contributed by atoms with E-state index >= 15 is 0 Å². The number of nitrogens with zero attached hydrogens (tertiary/aromatic N) is 1. The van der Waals surface area contributed by atoms with Crippen LogP contribution in [-0.4, -0.2) is 34.5 Å². The molecule has 1 aliphatic rings. The minimum Gasteiger partial charge on any atom is -0.480 e. The molecular weight excluding hydrogens is 262 g/mol. The van der Waals surface area contributed by atoms with Gasteiger partial charge in [-0.25, -0.2) is 4.79 Å². The van der Waals surface area contributed by atoms with E-state index in [-0.39, 0.29) is 5.91 Å². The third-order valence-electron chi connectivity index (χ3n) is 3.89. The van der Waals surface area contributed by atoms with Gasteiger partial charge in [-0.2, -0.15) is 0 Å². The van der Waals surface area contributed by atoms with Crippen molar-refractivity contribution in [3.8, 4) is 0 Å². The summed E-state index contributed by atoms with van der Waals surface area (Å²) in [5.74, 6) is -0.607. The van der Waals surface area contributed by atoms with E-state index < -0.39 is 12.0 Å². The number of hydrogen-bond acceptors (Lipinski definition) is 3. The average molecular weight is 281 g/mol. The van der Waals surface area contributed by atoms with Crippen LogP contribution >= 0.6 is 11.3 Å². The lowest BCUT2D eigenvalue weighted by Gasteiger charge is -2.36. The molecule has 0 spiro atoms. The number of carboxylic acid groups (broad SMARTS) is 1. The van der Waals surface area contributed by atoms with E-state index in [2.05, 4.69) is 6.92 Å². The predicted octanol–water partition coefficient (Wildman–Crippen LogP) is 2.77. The lowest BCUT2D eigenvalue weighted by atomic mass is 9.88. The summed E-state index contributed by atoms with van der Waals surface area (Å²) in [6, 6.07) is 1.22. The van der Waals surface area contributed by atoms with Crippen LogP contribution in [0.3, 0.4) is 0 Å². The topological polar surface area (TPSA) is 57.6 Å². The maximum Gasteiger partial charge on any atom is 0.326 e. The summed E-state index contributed by atoms with van der Waals surface area (Å²) in [6.07, 6.45) is 2.45. The lowest BCUT2D eigenvalue weighted by Crippen LogP contribution is -2.50. The van der Waals surface area contributed by atoms with Crippen molar-refractivity contribution in [1.29, 1.82) is 0 Å². The summed E-state index contributed by atoms with van der Waals surface area (Å²) >= 11 is 1.39. The number of carbonyl (C=O) groups excluding carboxylic acids is 1. The smallest absolute Gasteiger partial charge is 0.326 e. The minimum absolute atomic E-state index is 0.130. The average Bonchev–Trinajstić information content (AvgIpc) is 2.83. The summed E-state index contributed by atoms with van der Waals surface area (Å²) in [6.45, 7) is 4.51. The maximum absolute atomic E-state index is 12.5. The van der Waals surface area contributed by atoms with Gasteiger partial charge in [-0.3, -0.25) is 4.79 Å². The highest BCUT2D eigenvalue weighted by molar-refractivity contribution is 7.12. The largest absolute Gasteiger partial charge is 0.480 e. The van der Waals surface area contributed by atoms with E-state index in [9.17, 15) is 14.7 Å². The van der Waals surface area contributed by atoms with Crippen molar-refractivity contribution < 1.29 is 14.7 Å². The number of aliphatic carboxylic acids is 1. The summed E-state index contributed by atoms with van der Waals surface area (Å²) in [5, 5.41) is 11.2. The second-order valence-electron chi connectivity index (χ2n) is 5.08. The fourth-order valence-corrected chi connectivity index (χ4v) is 3.49. The van der Waals surface area contributed by atoms with Crippen molar-refractivity contribution in [2.24, 2.45) is 5.92 Å². The van der Waals surface area contributed by atoms with Crippen LogP contribution in [0.15, 0.2) is 11.4 Å². The number of thiophene rings is 1. The molecule has 0 bridgehead atoms. The Labute approximate surface area is 117 Å². The zero-order chi connectivity index (χ0) is 14.0. The van der Waals surface area contributed by atoms with E-state index in [4.69, 9.17) is 0 Å². The van der Waals surface area contributed by atoms with Crippen LogP contribution in [0.25, 0.3) is 0 Å². The molecule has 1 N–H and O–H groups in total. The van der Waals surface area contributed by atoms with E-state index in [0.29, 0.717) is 23.8 Å². The molecule has 104 valence electrons. The molecular formula is C14H19NO3S. The van der Waals surface area contributed by atoms with E-state index in [1.807, 2.05) is 18.4 Å². The third-order valence-corrected chi connectivity index (χ3v) is 4.90. The molecule has 0 radical (unpaired) electrons. The molecule has 2 atom stereocenters. The van der Waals surface area contributed by atoms with Gasteiger partial charge in [0.2, 0.25) is 0 Å². The predicted molar refractivity (Wildman–Crippen MR) is 74.5 cm³/mol. The molecule has 1 amide bonds. The van der Waals surface area contributed by atoms with Crippen molar-refractivity contribution >= 4 is 23.2 Å². The lowest BCUT2D eigenvalue weighted by molar-refractivity contribution is -0.144. The molecule has 1 aromatic rings. The zero-order valence-electron chi connectivity index (χ0n) is 11.3. The highest BCUT2D eigenvalue weighted by Gasteiger charge is 2.36. The van der Waals surface area contributed by atoms with E-state index in [1.54, 1.807) is 0 Å².